The highest BCUT2D eigenvalue weighted by molar-refractivity contribution is 7.80. The molecule has 0 amide bonds. The van der Waals surface area contributed by atoms with Crippen molar-refractivity contribution in [3.8, 4) is 0 Å². The van der Waals surface area contributed by atoms with Gasteiger partial charge in [0.15, 0.2) is 5.11 Å². The quantitative estimate of drug-likeness (QED) is 0.496. The third kappa shape index (κ3) is 4.67. The molecule has 1 aliphatic carbocycles. The summed E-state index contributed by atoms with van der Waals surface area (Å²) in [5, 5.41) is 7.86. The molecule has 1 aliphatic rings. The van der Waals surface area contributed by atoms with Gasteiger partial charge in [0.2, 0.25) is 0 Å². The third-order valence-electron chi connectivity index (χ3n) is 2.54. The standard InChI is InChI=1S/C14H17N3S/c1-11(9-12-5-3-2-4-6-12)10-15-17-14(18)16-13-7-8-13/h2-6,9-10,13H,7-8H2,1H3,(H2,16,17,18)/b11-9-,15-10?. The van der Waals surface area contributed by atoms with Crippen LogP contribution in [0.15, 0.2) is 41.0 Å². The molecule has 0 saturated heterocycles. The van der Waals surface area contributed by atoms with Crippen molar-refractivity contribution in [3.63, 3.8) is 0 Å². The first-order valence-corrected chi connectivity index (χ1v) is 6.48. The predicted molar refractivity (Wildman–Crippen MR) is 80.5 cm³/mol. The summed E-state index contributed by atoms with van der Waals surface area (Å²) in [6.45, 7) is 2.01. The van der Waals surface area contributed by atoms with Crippen LogP contribution in [-0.2, 0) is 0 Å². The number of nitrogens with one attached hydrogen (secondary N) is 2. The number of benzene rings is 1. The molecule has 18 heavy (non-hydrogen) atoms. The van der Waals surface area contributed by atoms with Crippen molar-refractivity contribution >= 4 is 29.6 Å². The van der Waals surface area contributed by atoms with E-state index >= 15 is 0 Å². The van der Waals surface area contributed by atoms with Gasteiger partial charge >= 0.3 is 0 Å². The number of hydrazone groups is 1. The van der Waals surface area contributed by atoms with Crippen molar-refractivity contribution in [1.82, 2.24) is 10.7 Å². The average Bonchev–Trinajstić information content (AvgIpc) is 3.14. The first kappa shape index (κ1) is 12.8. The van der Waals surface area contributed by atoms with Crippen LogP contribution >= 0.6 is 12.2 Å². The van der Waals surface area contributed by atoms with E-state index in [0.29, 0.717) is 11.2 Å². The van der Waals surface area contributed by atoms with Crippen molar-refractivity contribution < 1.29 is 0 Å². The zero-order valence-electron chi connectivity index (χ0n) is 10.4. The zero-order chi connectivity index (χ0) is 12.8. The lowest BCUT2D eigenvalue weighted by atomic mass is 10.1. The fraction of sp³-hybridized carbons (Fsp3) is 0.286. The van der Waals surface area contributed by atoms with Gasteiger partial charge in [-0.1, -0.05) is 36.4 Å². The summed E-state index contributed by atoms with van der Waals surface area (Å²) in [4.78, 5) is 0. The Balaban J connectivity index is 1.80. The van der Waals surface area contributed by atoms with E-state index in [9.17, 15) is 0 Å². The number of hydrogen-bond acceptors (Lipinski definition) is 2. The molecule has 94 valence electrons. The minimum absolute atomic E-state index is 0.557. The topological polar surface area (TPSA) is 36.4 Å². The van der Waals surface area contributed by atoms with Crippen molar-refractivity contribution in [1.29, 1.82) is 0 Å². The Kier molecular flexibility index (Phi) is 4.47. The first-order chi connectivity index (χ1) is 8.74. The van der Waals surface area contributed by atoms with Crippen LogP contribution in [0.4, 0.5) is 0 Å². The van der Waals surface area contributed by atoms with Gasteiger partial charge in [-0.25, -0.2) is 0 Å². The van der Waals surface area contributed by atoms with Crippen LogP contribution in [0.2, 0.25) is 0 Å². The molecule has 2 N–H and O–H groups in total. The second-order valence-corrected chi connectivity index (χ2v) is 4.83. The summed E-state index contributed by atoms with van der Waals surface area (Å²) in [7, 11) is 0. The highest BCUT2D eigenvalue weighted by Gasteiger charge is 2.21. The molecule has 0 radical (unpaired) electrons. The largest absolute Gasteiger partial charge is 0.359 e. The van der Waals surface area contributed by atoms with Gasteiger partial charge in [0.25, 0.3) is 0 Å². The molecule has 0 spiro atoms. The van der Waals surface area contributed by atoms with Crippen LogP contribution < -0.4 is 10.7 Å². The van der Waals surface area contributed by atoms with Crippen LogP contribution in [0.5, 0.6) is 0 Å². The molecule has 1 aromatic rings. The number of thiocarbonyl (C=S) groups is 1. The fourth-order valence-corrected chi connectivity index (χ4v) is 1.71. The molecule has 0 aliphatic heterocycles. The smallest absolute Gasteiger partial charge is 0.187 e. The van der Waals surface area contributed by atoms with Crippen molar-refractivity contribution in [3.05, 3.63) is 41.5 Å². The first-order valence-electron chi connectivity index (χ1n) is 6.07. The Hall–Kier alpha value is -1.68. The maximum atomic E-state index is 5.10. The fourth-order valence-electron chi connectivity index (χ4n) is 1.49. The number of rotatable bonds is 4. The van der Waals surface area contributed by atoms with E-state index in [1.807, 2.05) is 25.1 Å². The normalized spacial score (nSPS) is 15.7. The Morgan fingerprint density at radius 3 is 2.72 bits per heavy atom. The molecule has 4 heteroatoms. The zero-order valence-corrected chi connectivity index (χ0v) is 11.2. The summed E-state index contributed by atoms with van der Waals surface area (Å²) in [5.41, 5.74) is 5.06. The van der Waals surface area contributed by atoms with Gasteiger partial charge in [0, 0.05) is 6.04 Å². The van der Waals surface area contributed by atoms with Gasteiger partial charge in [0.1, 0.15) is 0 Å². The lowest BCUT2D eigenvalue weighted by Crippen LogP contribution is -2.33. The average molecular weight is 259 g/mol. The van der Waals surface area contributed by atoms with E-state index < -0.39 is 0 Å². The van der Waals surface area contributed by atoms with E-state index in [4.69, 9.17) is 12.2 Å². The van der Waals surface area contributed by atoms with Gasteiger partial charge in [0.05, 0.1) is 6.21 Å². The maximum Gasteiger partial charge on any atom is 0.187 e. The SMILES string of the molecule is C/C(C=NNC(=S)NC1CC1)=C/c1ccccc1. The summed E-state index contributed by atoms with van der Waals surface area (Å²) in [5.74, 6) is 0. The number of nitrogens with zero attached hydrogens (tertiary/aromatic N) is 1. The Morgan fingerprint density at radius 1 is 1.33 bits per heavy atom. The summed E-state index contributed by atoms with van der Waals surface area (Å²) < 4.78 is 0. The van der Waals surface area contributed by atoms with Gasteiger partial charge < -0.3 is 5.32 Å². The highest BCUT2D eigenvalue weighted by Crippen LogP contribution is 2.18. The number of allylic oxidation sites excluding steroid dienone is 1. The summed E-state index contributed by atoms with van der Waals surface area (Å²) in [6.07, 6.45) is 6.26. The molecular weight excluding hydrogens is 242 g/mol. The Morgan fingerprint density at radius 2 is 2.06 bits per heavy atom. The third-order valence-corrected chi connectivity index (χ3v) is 2.75. The van der Waals surface area contributed by atoms with E-state index in [1.54, 1.807) is 6.21 Å². The van der Waals surface area contributed by atoms with Gasteiger partial charge in [-0.05, 0) is 43.1 Å². The van der Waals surface area contributed by atoms with Crippen LogP contribution in [0.25, 0.3) is 6.08 Å². The molecule has 1 fully saturated rings. The van der Waals surface area contributed by atoms with Gasteiger partial charge in [-0.3, -0.25) is 5.43 Å². The Bertz CT molecular complexity index is 461. The molecule has 0 bridgehead atoms. The van der Waals surface area contributed by atoms with Crippen molar-refractivity contribution in [2.45, 2.75) is 25.8 Å². The minimum Gasteiger partial charge on any atom is -0.359 e. The van der Waals surface area contributed by atoms with E-state index in [0.717, 1.165) is 5.57 Å². The number of hydrogen-bond donors (Lipinski definition) is 2. The lowest BCUT2D eigenvalue weighted by Gasteiger charge is -2.03. The second kappa shape index (κ2) is 6.31. The van der Waals surface area contributed by atoms with Gasteiger partial charge in [-0.2, -0.15) is 5.10 Å². The molecule has 0 unspecified atom stereocenters. The van der Waals surface area contributed by atoms with Crippen LogP contribution in [0.1, 0.15) is 25.3 Å². The van der Waals surface area contributed by atoms with Crippen LogP contribution in [0, 0.1) is 0 Å². The molecule has 0 heterocycles. The Labute approximate surface area is 113 Å². The van der Waals surface area contributed by atoms with Crippen LogP contribution in [0.3, 0.4) is 0 Å². The molecule has 1 aromatic carbocycles. The van der Waals surface area contributed by atoms with Gasteiger partial charge in [-0.15, -0.1) is 0 Å². The molecule has 0 aromatic heterocycles. The van der Waals surface area contributed by atoms with Crippen molar-refractivity contribution in [2.24, 2.45) is 5.10 Å². The summed E-state index contributed by atoms with van der Waals surface area (Å²) in [6, 6.07) is 10.7. The van der Waals surface area contributed by atoms with Crippen molar-refractivity contribution in [2.75, 3.05) is 0 Å². The summed E-state index contributed by atoms with van der Waals surface area (Å²) >= 11 is 5.10. The maximum absolute atomic E-state index is 5.10. The molecule has 3 nitrogen and oxygen atoms in total. The lowest BCUT2D eigenvalue weighted by molar-refractivity contribution is 0.863. The molecule has 1 saturated carbocycles. The van der Waals surface area contributed by atoms with Crippen LogP contribution in [-0.4, -0.2) is 17.4 Å². The highest BCUT2D eigenvalue weighted by atomic mass is 32.1. The second-order valence-electron chi connectivity index (χ2n) is 4.42. The van der Waals surface area contributed by atoms with E-state index in [-0.39, 0.29) is 0 Å². The monoisotopic (exact) mass is 259 g/mol. The van der Waals surface area contributed by atoms with E-state index in [1.165, 1.54) is 18.4 Å². The molecular formula is C14H17N3S. The molecule has 2 rings (SSSR count). The predicted octanol–water partition coefficient (Wildman–Crippen LogP) is 2.70. The van der Waals surface area contributed by atoms with E-state index in [2.05, 4.69) is 34.1 Å². The minimum atomic E-state index is 0.557. The molecule has 0 atom stereocenters.